The number of para-hydroxylation sites is 2. The van der Waals surface area contributed by atoms with E-state index in [1.54, 1.807) is 18.3 Å². The molecule has 0 aliphatic carbocycles. The lowest BCUT2D eigenvalue weighted by molar-refractivity contribution is 0.590. The summed E-state index contributed by atoms with van der Waals surface area (Å²) in [5.41, 5.74) is 1.59. The van der Waals surface area contributed by atoms with Gasteiger partial charge in [0.2, 0.25) is 5.89 Å². The number of aromatic nitrogens is 2. The highest BCUT2D eigenvalue weighted by atomic mass is 32.1. The van der Waals surface area contributed by atoms with Crippen LogP contribution in [0.3, 0.4) is 0 Å². The average molecular weight is 244 g/mol. The van der Waals surface area contributed by atoms with Crippen LogP contribution in [0.15, 0.2) is 39.7 Å². The highest BCUT2D eigenvalue weighted by molar-refractivity contribution is 7.10. The van der Waals surface area contributed by atoms with E-state index in [1.165, 1.54) is 0 Å². The van der Waals surface area contributed by atoms with Crippen molar-refractivity contribution in [1.82, 2.24) is 9.97 Å². The average Bonchev–Trinajstić information content (AvgIpc) is 2.91. The SMILES string of the molecule is O=c1[nH]cc(/C=C/c2nc3ccccc3o2)s1. The molecule has 84 valence electrons. The standard InChI is InChI=1S/C12H8N2O2S/c15-12-13-7-8(17-12)5-6-11-14-9-3-1-2-4-10(9)16-11/h1-7H,(H,13,15)/b6-5+. The number of benzene rings is 1. The molecule has 0 saturated carbocycles. The third-order valence-corrected chi connectivity index (χ3v) is 3.04. The van der Waals surface area contributed by atoms with Crippen LogP contribution in [-0.4, -0.2) is 9.97 Å². The maximum Gasteiger partial charge on any atom is 0.305 e. The molecule has 0 aliphatic rings. The second-order valence-corrected chi connectivity index (χ2v) is 4.48. The van der Waals surface area contributed by atoms with Gasteiger partial charge in [-0.3, -0.25) is 4.79 Å². The predicted octanol–water partition coefficient (Wildman–Crippen LogP) is 2.75. The molecule has 0 radical (unpaired) electrons. The molecule has 0 fully saturated rings. The Morgan fingerprint density at radius 1 is 1.29 bits per heavy atom. The molecular formula is C12H8N2O2S. The number of oxazole rings is 1. The van der Waals surface area contributed by atoms with Gasteiger partial charge in [0.15, 0.2) is 5.58 Å². The van der Waals surface area contributed by atoms with Crippen molar-refractivity contribution < 1.29 is 4.42 Å². The number of thiazole rings is 1. The molecule has 5 heteroatoms. The van der Waals surface area contributed by atoms with Crippen LogP contribution in [0, 0.1) is 0 Å². The van der Waals surface area contributed by atoms with Gasteiger partial charge in [0.05, 0.1) is 0 Å². The molecule has 0 unspecified atom stereocenters. The lowest BCUT2D eigenvalue weighted by Gasteiger charge is -1.81. The summed E-state index contributed by atoms with van der Waals surface area (Å²) in [6, 6.07) is 7.58. The van der Waals surface area contributed by atoms with Gasteiger partial charge in [-0.2, -0.15) is 0 Å². The quantitative estimate of drug-likeness (QED) is 0.754. The topological polar surface area (TPSA) is 58.9 Å². The molecule has 0 spiro atoms. The maximum atomic E-state index is 10.9. The smallest absolute Gasteiger partial charge is 0.305 e. The molecule has 17 heavy (non-hydrogen) atoms. The third-order valence-electron chi connectivity index (χ3n) is 2.24. The Labute approximate surface area is 100 Å². The molecule has 1 aromatic carbocycles. The Kier molecular flexibility index (Phi) is 2.38. The van der Waals surface area contributed by atoms with Crippen molar-refractivity contribution in [3.8, 4) is 0 Å². The summed E-state index contributed by atoms with van der Waals surface area (Å²) < 4.78 is 5.51. The summed E-state index contributed by atoms with van der Waals surface area (Å²) in [5, 5.41) is 0. The summed E-state index contributed by atoms with van der Waals surface area (Å²) in [4.78, 5) is 18.6. The van der Waals surface area contributed by atoms with Crippen molar-refractivity contribution in [2.45, 2.75) is 0 Å². The molecular weight excluding hydrogens is 236 g/mol. The van der Waals surface area contributed by atoms with Crippen LogP contribution in [0.25, 0.3) is 23.3 Å². The first-order valence-corrected chi connectivity index (χ1v) is 5.85. The number of aromatic amines is 1. The molecule has 2 aromatic heterocycles. The highest BCUT2D eigenvalue weighted by Gasteiger charge is 2.01. The van der Waals surface area contributed by atoms with Gasteiger partial charge in [-0.1, -0.05) is 23.5 Å². The Morgan fingerprint density at radius 3 is 2.94 bits per heavy atom. The summed E-state index contributed by atoms with van der Waals surface area (Å²) >= 11 is 1.15. The van der Waals surface area contributed by atoms with E-state index in [0.29, 0.717) is 5.89 Å². The van der Waals surface area contributed by atoms with Gasteiger partial charge in [0.25, 0.3) is 0 Å². The van der Waals surface area contributed by atoms with E-state index in [9.17, 15) is 4.79 Å². The monoisotopic (exact) mass is 244 g/mol. The largest absolute Gasteiger partial charge is 0.437 e. The van der Waals surface area contributed by atoms with Crippen LogP contribution in [0.5, 0.6) is 0 Å². The number of fused-ring (bicyclic) bond motifs is 1. The fourth-order valence-electron chi connectivity index (χ4n) is 1.49. The van der Waals surface area contributed by atoms with Crippen molar-refractivity contribution in [3.05, 3.63) is 50.9 Å². The van der Waals surface area contributed by atoms with Crippen LogP contribution in [-0.2, 0) is 0 Å². The van der Waals surface area contributed by atoms with Gasteiger partial charge in [-0.05, 0) is 18.2 Å². The summed E-state index contributed by atoms with van der Waals surface area (Å²) in [7, 11) is 0. The van der Waals surface area contributed by atoms with Gasteiger partial charge in [0, 0.05) is 17.2 Å². The Balaban J connectivity index is 1.94. The zero-order valence-electron chi connectivity index (χ0n) is 8.71. The molecule has 2 heterocycles. The minimum Gasteiger partial charge on any atom is -0.437 e. The van der Waals surface area contributed by atoms with E-state index in [4.69, 9.17) is 4.42 Å². The first-order valence-electron chi connectivity index (χ1n) is 5.03. The number of hydrogen-bond acceptors (Lipinski definition) is 4. The third kappa shape index (κ3) is 2.05. The summed E-state index contributed by atoms with van der Waals surface area (Å²) in [6.45, 7) is 0. The summed E-state index contributed by atoms with van der Waals surface area (Å²) in [5.74, 6) is 0.534. The number of nitrogens with one attached hydrogen (secondary N) is 1. The molecule has 0 aliphatic heterocycles. The van der Waals surface area contributed by atoms with Crippen molar-refractivity contribution in [1.29, 1.82) is 0 Å². The maximum absolute atomic E-state index is 10.9. The number of hydrogen-bond donors (Lipinski definition) is 1. The normalized spacial score (nSPS) is 11.5. The zero-order valence-corrected chi connectivity index (χ0v) is 9.53. The first-order chi connectivity index (χ1) is 8.31. The van der Waals surface area contributed by atoms with Crippen LogP contribution >= 0.6 is 11.3 Å². The van der Waals surface area contributed by atoms with Gasteiger partial charge in [-0.15, -0.1) is 0 Å². The van der Waals surface area contributed by atoms with Crippen LogP contribution in [0.4, 0.5) is 0 Å². The Morgan fingerprint density at radius 2 is 2.18 bits per heavy atom. The molecule has 4 nitrogen and oxygen atoms in total. The molecule has 0 amide bonds. The van der Waals surface area contributed by atoms with Gasteiger partial charge < -0.3 is 9.40 Å². The summed E-state index contributed by atoms with van der Waals surface area (Å²) in [6.07, 6.45) is 5.21. The second kappa shape index (κ2) is 4.03. The number of H-pyrrole nitrogens is 1. The van der Waals surface area contributed by atoms with Crippen molar-refractivity contribution in [2.75, 3.05) is 0 Å². The van der Waals surface area contributed by atoms with Crippen LogP contribution in [0.2, 0.25) is 0 Å². The fraction of sp³-hybridized carbons (Fsp3) is 0. The Bertz CT molecular complexity index is 703. The molecule has 3 rings (SSSR count). The van der Waals surface area contributed by atoms with Gasteiger partial charge >= 0.3 is 4.87 Å². The lowest BCUT2D eigenvalue weighted by Crippen LogP contribution is -1.88. The van der Waals surface area contributed by atoms with E-state index in [2.05, 4.69) is 9.97 Å². The highest BCUT2D eigenvalue weighted by Crippen LogP contribution is 2.16. The van der Waals surface area contributed by atoms with Crippen molar-refractivity contribution in [2.24, 2.45) is 0 Å². The van der Waals surface area contributed by atoms with Crippen molar-refractivity contribution >= 4 is 34.6 Å². The molecule has 0 bridgehead atoms. The van der Waals surface area contributed by atoms with Gasteiger partial charge in [0.1, 0.15) is 5.52 Å². The van der Waals surface area contributed by atoms with Gasteiger partial charge in [-0.25, -0.2) is 4.98 Å². The second-order valence-electron chi connectivity index (χ2n) is 3.43. The van der Waals surface area contributed by atoms with Crippen LogP contribution < -0.4 is 4.87 Å². The minimum atomic E-state index is -0.0674. The van der Waals surface area contributed by atoms with E-state index < -0.39 is 0 Å². The van der Waals surface area contributed by atoms with E-state index >= 15 is 0 Å². The molecule has 0 saturated heterocycles. The number of rotatable bonds is 2. The molecule has 3 aromatic rings. The molecule has 0 atom stereocenters. The van der Waals surface area contributed by atoms with E-state index in [1.807, 2.05) is 24.3 Å². The number of nitrogens with zero attached hydrogens (tertiary/aromatic N) is 1. The fourth-order valence-corrected chi connectivity index (χ4v) is 2.08. The van der Waals surface area contributed by atoms with E-state index in [-0.39, 0.29) is 4.87 Å². The van der Waals surface area contributed by atoms with E-state index in [0.717, 1.165) is 27.3 Å². The van der Waals surface area contributed by atoms with Crippen LogP contribution in [0.1, 0.15) is 10.8 Å². The molecule has 1 N–H and O–H groups in total. The minimum absolute atomic E-state index is 0.0674. The van der Waals surface area contributed by atoms with Crippen molar-refractivity contribution in [3.63, 3.8) is 0 Å². The lowest BCUT2D eigenvalue weighted by atomic mass is 10.3. The zero-order chi connectivity index (χ0) is 11.7. The Hall–Kier alpha value is -2.14. The first kappa shape index (κ1) is 10.0. The predicted molar refractivity (Wildman–Crippen MR) is 67.9 cm³/mol.